The van der Waals surface area contributed by atoms with Crippen LogP contribution >= 0.6 is 0 Å². The lowest BCUT2D eigenvalue weighted by Gasteiger charge is -2.23. The van der Waals surface area contributed by atoms with Crippen LogP contribution in [-0.2, 0) is 24.5 Å². The van der Waals surface area contributed by atoms with Gasteiger partial charge in [0.05, 0.1) is 20.3 Å². The number of methoxy groups -OCH3 is 2. The summed E-state index contributed by atoms with van der Waals surface area (Å²) in [6.07, 6.45) is 0.274. The number of carbonyl (C=O) groups excluding carboxylic acids is 2. The molecule has 0 spiro atoms. The van der Waals surface area contributed by atoms with Gasteiger partial charge in [0.2, 0.25) is 5.41 Å². The molecule has 3 aromatic rings. The van der Waals surface area contributed by atoms with Crippen LogP contribution in [0.1, 0.15) is 23.7 Å². The van der Waals surface area contributed by atoms with Crippen molar-refractivity contribution >= 4 is 22.8 Å². The number of carbonyl (C=O) groups is 2. The molecule has 26 heavy (non-hydrogen) atoms. The summed E-state index contributed by atoms with van der Waals surface area (Å²) in [6.45, 7) is 0. The largest absolute Gasteiger partial charge is 0.468 e. The number of ether oxygens (including phenoxy) is 2. The number of benzene rings is 2. The number of fused-ring (bicyclic) bond motifs is 3. The molecular weight excluding hydrogens is 330 g/mol. The number of hydrogen-bond acceptors (Lipinski definition) is 4. The molecular formula is C21H19NO4. The highest BCUT2D eigenvalue weighted by Gasteiger charge is 2.58. The van der Waals surface area contributed by atoms with Gasteiger partial charge in [-0.3, -0.25) is 9.59 Å². The third-order valence-electron chi connectivity index (χ3n) is 5.25. The molecule has 0 fully saturated rings. The molecule has 1 aliphatic rings. The molecule has 1 atom stereocenters. The van der Waals surface area contributed by atoms with Gasteiger partial charge in [-0.25, -0.2) is 0 Å². The van der Waals surface area contributed by atoms with Crippen LogP contribution in [0.15, 0.2) is 60.7 Å². The fraction of sp³-hybridized carbons (Fsp3) is 0.238. The second-order valence-corrected chi connectivity index (χ2v) is 6.48. The van der Waals surface area contributed by atoms with Crippen molar-refractivity contribution in [2.45, 2.75) is 17.9 Å². The summed E-state index contributed by atoms with van der Waals surface area (Å²) in [5, 5.41) is 0.973. The van der Waals surface area contributed by atoms with Crippen molar-refractivity contribution < 1.29 is 19.1 Å². The maximum atomic E-state index is 12.8. The van der Waals surface area contributed by atoms with Crippen LogP contribution in [0.2, 0.25) is 0 Å². The molecule has 5 heteroatoms. The van der Waals surface area contributed by atoms with E-state index in [1.807, 2.05) is 60.7 Å². The second-order valence-electron chi connectivity index (χ2n) is 6.48. The normalized spacial score (nSPS) is 17.7. The third kappa shape index (κ3) is 2.10. The summed E-state index contributed by atoms with van der Waals surface area (Å²) in [4.78, 5) is 25.6. The minimum Gasteiger partial charge on any atom is -0.468 e. The summed E-state index contributed by atoms with van der Waals surface area (Å²) in [5.74, 6) is -1.18. The van der Waals surface area contributed by atoms with Crippen molar-refractivity contribution in [2.75, 3.05) is 14.2 Å². The van der Waals surface area contributed by atoms with Gasteiger partial charge < -0.3 is 14.0 Å². The Labute approximate surface area is 151 Å². The Morgan fingerprint density at radius 2 is 1.58 bits per heavy atom. The standard InChI is InChI=1S/C21H19NO4/c1-25-19(23)21(20(24)26-2)13-17(14-8-4-3-5-9-14)22-16-11-7-6-10-15(16)12-18(21)22/h3-12,17H,13H2,1-2H3. The Hall–Kier alpha value is -3.08. The quantitative estimate of drug-likeness (QED) is 0.538. The van der Waals surface area contributed by atoms with Gasteiger partial charge in [0.1, 0.15) is 0 Å². The zero-order valence-corrected chi connectivity index (χ0v) is 14.6. The van der Waals surface area contributed by atoms with Gasteiger partial charge >= 0.3 is 11.9 Å². The minimum atomic E-state index is -1.47. The summed E-state index contributed by atoms with van der Waals surface area (Å²) in [7, 11) is 2.60. The highest BCUT2D eigenvalue weighted by molar-refractivity contribution is 6.08. The van der Waals surface area contributed by atoms with Crippen LogP contribution in [0.3, 0.4) is 0 Å². The van der Waals surface area contributed by atoms with Gasteiger partial charge in [-0.15, -0.1) is 0 Å². The molecule has 0 N–H and O–H groups in total. The Kier molecular flexibility index (Phi) is 3.80. The molecule has 132 valence electrons. The number of hydrogen-bond donors (Lipinski definition) is 0. The first-order valence-corrected chi connectivity index (χ1v) is 8.45. The SMILES string of the molecule is COC(=O)C1(C(=O)OC)CC(c2ccccc2)n2c1cc1ccccc12. The van der Waals surface area contributed by atoms with E-state index in [2.05, 4.69) is 4.57 Å². The summed E-state index contributed by atoms with van der Waals surface area (Å²) >= 11 is 0. The lowest BCUT2D eigenvalue weighted by molar-refractivity contribution is -0.162. The summed E-state index contributed by atoms with van der Waals surface area (Å²) in [6, 6.07) is 19.5. The molecule has 0 amide bonds. The van der Waals surface area contributed by atoms with E-state index < -0.39 is 17.4 Å². The number of nitrogens with zero attached hydrogens (tertiary/aromatic N) is 1. The van der Waals surface area contributed by atoms with Crippen LogP contribution in [-0.4, -0.2) is 30.7 Å². The Balaban J connectivity index is 2.04. The first kappa shape index (κ1) is 16.4. The van der Waals surface area contributed by atoms with Crippen molar-refractivity contribution in [1.82, 2.24) is 4.57 Å². The Bertz CT molecular complexity index is 974. The average molecular weight is 349 g/mol. The van der Waals surface area contributed by atoms with E-state index >= 15 is 0 Å². The first-order chi connectivity index (χ1) is 12.6. The number of aromatic nitrogens is 1. The van der Waals surface area contributed by atoms with E-state index in [-0.39, 0.29) is 12.5 Å². The van der Waals surface area contributed by atoms with Gasteiger partial charge in [-0.2, -0.15) is 0 Å². The monoisotopic (exact) mass is 349 g/mol. The van der Waals surface area contributed by atoms with Crippen molar-refractivity contribution in [3.8, 4) is 0 Å². The predicted octanol–water partition coefficient (Wildman–Crippen LogP) is 3.22. The van der Waals surface area contributed by atoms with Crippen LogP contribution in [0, 0.1) is 0 Å². The van der Waals surface area contributed by atoms with Gasteiger partial charge in [0.15, 0.2) is 0 Å². The van der Waals surface area contributed by atoms with Crippen LogP contribution in [0.5, 0.6) is 0 Å². The van der Waals surface area contributed by atoms with Gasteiger partial charge in [-0.1, -0.05) is 48.5 Å². The molecule has 2 aromatic carbocycles. The number of rotatable bonds is 3. The highest BCUT2D eigenvalue weighted by Crippen LogP contribution is 2.49. The molecule has 0 bridgehead atoms. The molecule has 0 aliphatic carbocycles. The highest BCUT2D eigenvalue weighted by atomic mass is 16.5. The molecule has 1 aromatic heterocycles. The van der Waals surface area contributed by atoms with Gasteiger partial charge in [-0.05, 0) is 23.1 Å². The molecule has 1 unspecified atom stereocenters. The molecule has 0 radical (unpaired) electrons. The summed E-state index contributed by atoms with van der Waals surface area (Å²) in [5.41, 5.74) is 1.16. The Morgan fingerprint density at radius 1 is 0.962 bits per heavy atom. The average Bonchev–Trinajstić information content (AvgIpc) is 3.23. The van der Waals surface area contributed by atoms with Crippen molar-refractivity contribution in [3.05, 3.63) is 71.9 Å². The molecule has 5 nitrogen and oxygen atoms in total. The number of para-hydroxylation sites is 1. The van der Waals surface area contributed by atoms with Crippen molar-refractivity contribution in [1.29, 1.82) is 0 Å². The van der Waals surface area contributed by atoms with Gasteiger partial charge in [0.25, 0.3) is 0 Å². The molecule has 2 heterocycles. The molecule has 0 saturated carbocycles. The molecule has 1 aliphatic heterocycles. The first-order valence-electron chi connectivity index (χ1n) is 8.45. The topological polar surface area (TPSA) is 57.5 Å². The zero-order valence-electron chi connectivity index (χ0n) is 14.6. The fourth-order valence-corrected chi connectivity index (χ4v) is 4.08. The minimum absolute atomic E-state index is 0.163. The van der Waals surface area contributed by atoms with E-state index in [1.165, 1.54) is 14.2 Å². The smallest absolute Gasteiger partial charge is 0.329 e. The lowest BCUT2D eigenvalue weighted by atomic mass is 9.80. The van der Waals surface area contributed by atoms with Gasteiger partial charge in [0, 0.05) is 17.6 Å². The Morgan fingerprint density at radius 3 is 2.23 bits per heavy atom. The summed E-state index contributed by atoms with van der Waals surface area (Å²) < 4.78 is 12.2. The number of esters is 2. The van der Waals surface area contributed by atoms with E-state index in [0.29, 0.717) is 5.69 Å². The molecule has 0 saturated heterocycles. The lowest BCUT2D eigenvalue weighted by Crippen LogP contribution is -2.43. The van der Waals surface area contributed by atoms with Crippen LogP contribution in [0.4, 0.5) is 0 Å². The maximum absolute atomic E-state index is 12.8. The van der Waals surface area contributed by atoms with Crippen molar-refractivity contribution in [2.24, 2.45) is 0 Å². The molecule has 4 rings (SSSR count). The van der Waals surface area contributed by atoms with E-state index in [1.54, 1.807) is 0 Å². The fourth-order valence-electron chi connectivity index (χ4n) is 4.08. The second kappa shape index (κ2) is 6.02. The maximum Gasteiger partial charge on any atom is 0.329 e. The van der Waals surface area contributed by atoms with Crippen molar-refractivity contribution in [3.63, 3.8) is 0 Å². The van der Waals surface area contributed by atoms with E-state index in [4.69, 9.17) is 9.47 Å². The third-order valence-corrected chi connectivity index (χ3v) is 5.25. The predicted molar refractivity (Wildman–Crippen MR) is 96.8 cm³/mol. The zero-order chi connectivity index (χ0) is 18.3. The van der Waals surface area contributed by atoms with E-state index in [0.717, 1.165) is 16.5 Å². The van der Waals surface area contributed by atoms with Crippen LogP contribution in [0.25, 0.3) is 10.9 Å². The van der Waals surface area contributed by atoms with E-state index in [9.17, 15) is 9.59 Å². The van der Waals surface area contributed by atoms with Crippen LogP contribution < -0.4 is 0 Å².